The van der Waals surface area contributed by atoms with Gasteiger partial charge in [0.05, 0.1) is 16.3 Å². The number of amides is 1. The van der Waals surface area contributed by atoms with Crippen molar-refractivity contribution in [1.29, 1.82) is 0 Å². The highest BCUT2D eigenvalue weighted by Gasteiger charge is 2.31. The topological polar surface area (TPSA) is 80.8 Å². The van der Waals surface area contributed by atoms with E-state index in [1.807, 2.05) is 0 Å². The Kier molecular flexibility index (Phi) is 5.08. The van der Waals surface area contributed by atoms with Gasteiger partial charge in [0.15, 0.2) is 22.2 Å². The van der Waals surface area contributed by atoms with Gasteiger partial charge in [0, 0.05) is 18.5 Å². The summed E-state index contributed by atoms with van der Waals surface area (Å²) in [5.41, 5.74) is 0.984. The van der Waals surface area contributed by atoms with Gasteiger partial charge in [-0.3, -0.25) is 9.59 Å². The lowest BCUT2D eigenvalue weighted by molar-refractivity contribution is -0.120. The molecule has 1 aliphatic heterocycles. The van der Waals surface area contributed by atoms with Gasteiger partial charge in [-0.25, -0.2) is 8.42 Å². The van der Waals surface area contributed by atoms with Crippen LogP contribution in [0.2, 0.25) is 0 Å². The van der Waals surface area contributed by atoms with Crippen LogP contribution in [0, 0.1) is 0 Å². The summed E-state index contributed by atoms with van der Waals surface area (Å²) in [5, 5.41) is 0. The second-order valence-corrected chi connectivity index (χ2v) is 8.00. The van der Waals surface area contributed by atoms with E-state index < -0.39 is 9.84 Å². The van der Waals surface area contributed by atoms with Gasteiger partial charge in [-0.05, 0) is 36.4 Å². The Hall–Kier alpha value is -2.67. The molecular formula is C19H19NO5S. The first kappa shape index (κ1) is 18.1. The minimum absolute atomic E-state index is 0.0405. The summed E-state index contributed by atoms with van der Waals surface area (Å²) >= 11 is 0. The molecule has 1 aliphatic rings. The third-order valence-electron chi connectivity index (χ3n) is 4.24. The van der Waals surface area contributed by atoms with Crippen LogP contribution in [-0.4, -0.2) is 39.0 Å². The standard InChI is InChI=1S/C19H19NO5S/c1-2-17(21)14-7-9-15(10-8-14)25-13-19(22)20-11-12-26(23,24)18-6-4-3-5-16(18)20/h3-10H,2,11-13H2,1H3. The van der Waals surface area contributed by atoms with Gasteiger partial charge < -0.3 is 9.64 Å². The van der Waals surface area contributed by atoms with Crippen molar-refractivity contribution in [2.45, 2.75) is 18.2 Å². The smallest absolute Gasteiger partial charge is 0.264 e. The summed E-state index contributed by atoms with van der Waals surface area (Å²) in [7, 11) is -3.36. The first-order chi connectivity index (χ1) is 12.4. The van der Waals surface area contributed by atoms with Crippen LogP contribution < -0.4 is 9.64 Å². The molecular weight excluding hydrogens is 354 g/mol. The zero-order valence-electron chi connectivity index (χ0n) is 14.3. The number of carbonyl (C=O) groups is 2. The van der Waals surface area contributed by atoms with Crippen molar-refractivity contribution in [3.63, 3.8) is 0 Å². The van der Waals surface area contributed by atoms with Crippen LogP contribution in [0.1, 0.15) is 23.7 Å². The van der Waals surface area contributed by atoms with Crippen molar-refractivity contribution in [3.05, 3.63) is 54.1 Å². The van der Waals surface area contributed by atoms with Crippen LogP contribution in [0.5, 0.6) is 5.75 Å². The maximum atomic E-state index is 12.5. The van der Waals surface area contributed by atoms with Crippen molar-refractivity contribution in [3.8, 4) is 5.75 Å². The lowest BCUT2D eigenvalue weighted by Gasteiger charge is -2.29. The number of fused-ring (bicyclic) bond motifs is 1. The van der Waals surface area contributed by atoms with E-state index >= 15 is 0 Å². The van der Waals surface area contributed by atoms with Crippen molar-refractivity contribution in [2.75, 3.05) is 23.8 Å². The second-order valence-electron chi connectivity index (χ2n) is 5.92. The summed E-state index contributed by atoms with van der Waals surface area (Å²) in [6.07, 6.45) is 0.427. The van der Waals surface area contributed by atoms with E-state index in [4.69, 9.17) is 4.74 Å². The van der Waals surface area contributed by atoms with Crippen molar-refractivity contribution < 1.29 is 22.7 Å². The number of hydrogen-bond donors (Lipinski definition) is 0. The lowest BCUT2D eigenvalue weighted by Crippen LogP contribution is -2.42. The van der Waals surface area contributed by atoms with Crippen molar-refractivity contribution in [2.24, 2.45) is 0 Å². The first-order valence-electron chi connectivity index (χ1n) is 8.30. The molecule has 0 spiro atoms. The molecule has 1 heterocycles. The Morgan fingerprint density at radius 1 is 1.08 bits per heavy atom. The largest absolute Gasteiger partial charge is 0.484 e. The predicted molar refractivity (Wildman–Crippen MR) is 97.4 cm³/mol. The number of sulfone groups is 1. The molecule has 0 aliphatic carbocycles. The Labute approximate surface area is 152 Å². The molecule has 3 rings (SSSR count). The third kappa shape index (κ3) is 3.62. The summed E-state index contributed by atoms with van der Waals surface area (Å²) in [5.74, 6) is 0.0903. The molecule has 0 bridgehead atoms. The van der Waals surface area contributed by atoms with Crippen LogP contribution in [-0.2, 0) is 14.6 Å². The fourth-order valence-corrected chi connectivity index (χ4v) is 4.23. The number of Topliss-reactive ketones (excluding diaryl/α,β-unsaturated/α-hetero) is 1. The molecule has 26 heavy (non-hydrogen) atoms. The summed E-state index contributed by atoms with van der Waals surface area (Å²) in [6, 6.07) is 13.1. The van der Waals surface area contributed by atoms with Crippen LogP contribution in [0.4, 0.5) is 5.69 Å². The van der Waals surface area contributed by atoms with Crippen LogP contribution in [0.15, 0.2) is 53.4 Å². The van der Waals surface area contributed by atoms with E-state index in [9.17, 15) is 18.0 Å². The van der Waals surface area contributed by atoms with Crippen molar-refractivity contribution in [1.82, 2.24) is 0 Å². The number of anilines is 1. The van der Waals surface area contributed by atoms with E-state index in [0.717, 1.165) is 0 Å². The third-order valence-corrected chi connectivity index (χ3v) is 5.97. The first-order valence-corrected chi connectivity index (χ1v) is 9.96. The maximum Gasteiger partial charge on any atom is 0.264 e. The molecule has 2 aromatic rings. The second kappa shape index (κ2) is 7.29. The number of ether oxygens (including phenoxy) is 1. The average molecular weight is 373 g/mol. The number of benzene rings is 2. The number of carbonyl (C=O) groups excluding carboxylic acids is 2. The molecule has 0 saturated carbocycles. The Morgan fingerprint density at radius 3 is 2.46 bits per heavy atom. The molecule has 7 heteroatoms. The van der Waals surface area contributed by atoms with Gasteiger partial charge >= 0.3 is 0 Å². The fraction of sp³-hybridized carbons (Fsp3) is 0.263. The highest BCUT2D eigenvalue weighted by atomic mass is 32.2. The SMILES string of the molecule is CCC(=O)c1ccc(OCC(=O)N2CCS(=O)(=O)c3ccccc32)cc1. The minimum Gasteiger partial charge on any atom is -0.484 e. The molecule has 0 atom stereocenters. The minimum atomic E-state index is -3.36. The quantitative estimate of drug-likeness (QED) is 0.752. The molecule has 1 amide bonds. The molecule has 6 nitrogen and oxygen atoms in total. The number of nitrogens with zero attached hydrogens (tertiary/aromatic N) is 1. The maximum absolute atomic E-state index is 12.5. The van der Waals surface area contributed by atoms with Crippen LogP contribution >= 0.6 is 0 Å². The van der Waals surface area contributed by atoms with Gasteiger partial charge in [-0.1, -0.05) is 19.1 Å². The molecule has 0 unspecified atom stereocenters. The Balaban J connectivity index is 1.70. The summed E-state index contributed by atoms with van der Waals surface area (Å²) in [6.45, 7) is 1.68. The zero-order valence-corrected chi connectivity index (χ0v) is 15.2. The van der Waals surface area contributed by atoms with Gasteiger partial charge in [-0.15, -0.1) is 0 Å². The Bertz CT molecular complexity index is 935. The number of rotatable bonds is 5. The highest BCUT2D eigenvalue weighted by Crippen LogP contribution is 2.30. The average Bonchev–Trinajstić information content (AvgIpc) is 2.66. The van der Waals surface area contributed by atoms with E-state index in [0.29, 0.717) is 23.4 Å². The van der Waals surface area contributed by atoms with Crippen molar-refractivity contribution >= 4 is 27.2 Å². The summed E-state index contributed by atoms with van der Waals surface area (Å²) < 4.78 is 29.8. The number of para-hydroxylation sites is 1. The van der Waals surface area contributed by atoms with Gasteiger partial charge in [0.25, 0.3) is 5.91 Å². The molecule has 0 fully saturated rings. The lowest BCUT2D eigenvalue weighted by atomic mass is 10.1. The molecule has 0 saturated heterocycles. The monoisotopic (exact) mass is 373 g/mol. The zero-order chi connectivity index (χ0) is 18.7. The van der Waals surface area contributed by atoms with Crippen LogP contribution in [0.25, 0.3) is 0 Å². The van der Waals surface area contributed by atoms with Crippen LogP contribution in [0.3, 0.4) is 0 Å². The van der Waals surface area contributed by atoms with Gasteiger partial charge in [0.2, 0.25) is 0 Å². The fourth-order valence-electron chi connectivity index (χ4n) is 2.81. The molecule has 0 aromatic heterocycles. The molecule has 136 valence electrons. The van der Waals surface area contributed by atoms with E-state index in [1.54, 1.807) is 49.4 Å². The predicted octanol–water partition coefficient (Wildman–Crippen LogP) is 2.48. The van der Waals surface area contributed by atoms with E-state index in [2.05, 4.69) is 0 Å². The molecule has 2 aromatic carbocycles. The summed E-state index contributed by atoms with van der Waals surface area (Å²) in [4.78, 5) is 25.7. The molecule has 0 radical (unpaired) electrons. The van der Waals surface area contributed by atoms with E-state index in [1.165, 1.54) is 11.0 Å². The number of hydrogen-bond acceptors (Lipinski definition) is 5. The van der Waals surface area contributed by atoms with Gasteiger partial charge in [0.1, 0.15) is 5.75 Å². The van der Waals surface area contributed by atoms with E-state index in [-0.39, 0.29) is 35.5 Å². The molecule has 0 N–H and O–H groups in total. The normalized spacial score (nSPS) is 15.2. The Morgan fingerprint density at radius 2 is 1.77 bits per heavy atom. The van der Waals surface area contributed by atoms with Gasteiger partial charge in [-0.2, -0.15) is 0 Å². The highest BCUT2D eigenvalue weighted by molar-refractivity contribution is 7.91. The number of ketones is 1.